The molecule has 1 atom stereocenters. The molecule has 2 heterocycles. The predicted molar refractivity (Wildman–Crippen MR) is 40.4 cm³/mol. The van der Waals surface area contributed by atoms with E-state index in [1.54, 1.807) is 12.5 Å². The van der Waals surface area contributed by atoms with Crippen molar-refractivity contribution >= 4 is 6.09 Å². The smallest absolute Gasteiger partial charge is 0.408 e. The van der Waals surface area contributed by atoms with Crippen molar-refractivity contribution in [2.45, 2.75) is 6.10 Å². The van der Waals surface area contributed by atoms with Crippen LogP contribution in [0.5, 0.6) is 0 Å². The van der Waals surface area contributed by atoms with Crippen LogP contribution >= 0.6 is 0 Å². The number of cyclic esters (lactones) is 1. The Morgan fingerprint density at radius 2 is 2.67 bits per heavy atom. The molecule has 1 aliphatic heterocycles. The first kappa shape index (κ1) is 7.15. The zero-order valence-corrected chi connectivity index (χ0v) is 6.65. The number of amides is 1. The zero-order chi connectivity index (χ0) is 8.55. The molecule has 1 unspecified atom stereocenters. The summed E-state index contributed by atoms with van der Waals surface area (Å²) in [4.78, 5) is 14.6. The number of carbonyl (C=O) groups excluding carboxylic acids is 1. The number of ether oxygens (including phenoxy) is 1. The van der Waals surface area contributed by atoms with Gasteiger partial charge in [-0.2, -0.15) is 0 Å². The van der Waals surface area contributed by atoms with Gasteiger partial charge in [0.25, 0.3) is 0 Å². The minimum absolute atomic E-state index is 0.190. The van der Waals surface area contributed by atoms with Gasteiger partial charge in [0, 0.05) is 7.05 Å². The molecule has 1 aliphatic rings. The highest BCUT2D eigenvalue weighted by Crippen LogP contribution is 2.18. The van der Waals surface area contributed by atoms with E-state index in [1.807, 2.05) is 11.6 Å². The second kappa shape index (κ2) is 2.51. The number of aryl methyl sites for hydroxylation is 1. The fourth-order valence-corrected chi connectivity index (χ4v) is 1.23. The van der Waals surface area contributed by atoms with E-state index in [4.69, 9.17) is 4.74 Å². The molecule has 1 aromatic heterocycles. The summed E-state index contributed by atoms with van der Waals surface area (Å²) < 4.78 is 6.81. The van der Waals surface area contributed by atoms with Gasteiger partial charge in [-0.05, 0) is 0 Å². The van der Waals surface area contributed by atoms with Crippen molar-refractivity contribution in [2.24, 2.45) is 7.05 Å². The summed E-state index contributed by atoms with van der Waals surface area (Å²) in [6, 6.07) is 0. The molecule has 1 N–H and O–H groups in total. The molecule has 1 amide bonds. The third-order valence-electron chi connectivity index (χ3n) is 1.86. The van der Waals surface area contributed by atoms with Crippen LogP contribution in [0.3, 0.4) is 0 Å². The molecule has 5 heteroatoms. The number of nitrogens with zero attached hydrogens (tertiary/aromatic N) is 2. The van der Waals surface area contributed by atoms with E-state index in [0.717, 1.165) is 5.69 Å². The van der Waals surface area contributed by atoms with E-state index in [0.29, 0.717) is 6.54 Å². The number of nitrogens with one attached hydrogen (secondary N) is 1. The summed E-state index contributed by atoms with van der Waals surface area (Å²) in [5.41, 5.74) is 0.911. The van der Waals surface area contributed by atoms with Crippen LogP contribution in [0.15, 0.2) is 12.5 Å². The molecule has 64 valence electrons. The average Bonchev–Trinajstić information content (AvgIpc) is 2.58. The van der Waals surface area contributed by atoms with Gasteiger partial charge in [-0.15, -0.1) is 0 Å². The summed E-state index contributed by atoms with van der Waals surface area (Å²) in [6.45, 7) is 0.526. The summed E-state index contributed by atoms with van der Waals surface area (Å²) >= 11 is 0. The van der Waals surface area contributed by atoms with Crippen molar-refractivity contribution in [3.63, 3.8) is 0 Å². The van der Waals surface area contributed by atoms with Gasteiger partial charge in [0.15, 0.2) is 6.10 Å². The van der Waals surface area contributed by atoms with E-state index in [2.05, 4.69) is 10.3 Å². The van der Waals surface area contributed by atoms with Crippen LogP contribution in [0.1, 0.15) is 11.8 Å². The number of imidazole rings is 1. The third-order valence-corrected chi connectivity index (χ3v) is 1.86. The highest BCUT2D eigenvalue weighted by atomic mass is 16.6. The first-order valence-electron chi connectivity index (χ1n) is 3.68. The molecule has 12 heavy (non-hydrogen) atoms. The highest BCUT2D eigenvalue weighted by Gasteiger charge is 2.25. The van der Waals surface area contributed by atoms with Crippen molar-refractivity contribution in [1.82, 2.24) is 14.9 Å². The first-order valence-corrected chi connectivity index (χ1v) is 3.68. The number of rotatable bonds is 1. The maximum Gasteiger partial charge on any atom is 0.408 e. The van der Waals surface area contributed by atoms with Crippen molar-refractivity contribution < 1.29 is 9.53 Å². The number of hydrogen-bond acceptors (Lipinski definition) is 3. The summed E-state index contributed by atoms with van der Waals surface area (Å²) in [5.74, 6) is 0. The van der Waals surface area contributed by atoms with E-state index in [1.165, 1.54) is 0 Å². The van der Waals surface area contributed by atoms with Gasteiger partial charge >= 0.3 is 6.09 Å². The number of carbonyl (C=O) groups is 1. The molecule has 0 bridgehead atoms. The summed E-state index contributed by atoms with van der Waals surface area (Å²) in [5, 5.41) is 2.58. The molecule has 2 rings (SSSR count). The van der Waals surface area contributed by atoms with Crippen LogP contribution < -0.4 is 5.32 Å². The van der Waals surface area contributed by atoms with Crippen molar-refractivity contribution in [2.75, 3.05) is 6.54 Å². The quantitative estimate of drug-likeness (QED) is 0.650. The Balaban J connectivity index is 2.21. The number of hydrogen-bond donors (Lipinski definition) is 1. The molecule has 0 aliphatic carbocycles. The van der Waals surface area contributed by atoms with Crippen LogP contribution in [-0.2, 0) is 11.8 Å². The van der Waals surface area contributed by atoms with Crippen molar-refractivity contribution in [1.29, 1.82) is 0 Å². The average molecular weight is 167 g/mol. The standard InChI is InChI=1S/C7H9N3O2/c1-10-4-8-2-5(10)6-3-9-7(11)12-6/h2,4,6H,3H2,1H3,(H,9,11). The van der Waals surface area contributed by atoms with Gasteiger partial charge in [0.1, 0.15) is 0 Å². The minimum atomic E-state index is -0.360. The maximum absolute atomic E-state index is 10.7. The van der Waals surface area contributed by atoms with Gasteiger partial charge < -0.3 is 14.6 Å². The Morgan fingerprint density at radius 1 is 1.83 bits per heavy atom. The van der Waals surface area contributed by atoms with Crippen molar-refractivity contribution in [3.8, 4) is 0 Å². The Morgan fingerprint density at radius 3 is 3.17 bits per heavy atom. The predicted octanol–water partition coefficient (Wildman–Crippen LogP) is 0.201. The lowest BCUT2D eigenvalue weighted by Crippen LogP contribution is -2.12. The fraction of sp³-hybridized carbons (Fsp3) is 0.429. The van der Waals surface area contributed by atoms with Crippen LogP contribution in [-0.4, -0.2) is 22.2 Å². The molecular weight excluding hydrogens is 158 g/mol. The van der Waals surface area contributed by atoms with Gasteiger partial charge in [-0.25, -0.2) is 9.78 Å². The van der Waals surface area contributed by atoms with E-state index < -0.39 is 0 Å². The SMILES string of the molecule is Cn1cncc1C1CNC(=O)O1. The number of aromatic nitrogens is 2. The lowest BCUT2D eigenvalue weighted by atomic mass is 10.3. The largest absolute Gasteiger partial charge is 0.438 e. The minimum Gasteiger partial charge on any atom is -0.438 e. The Bertz CT molecular complexity index is 307. The molecule has 0 aromatic carbocycles. The van der Waals surface area contributed by atoms with Gasteiger partial charge in [-0.3, -0.25) is 0 Å². The zero-order valence-electron chi connectivity index (χ0n) is 6.65. The Labute approximate surface area is 69.3 Å². The van der Waals surface area contributed by atoms with Gasteiger partial charge in [0.05, 0.1) is 24.8 Å². The topological polar surface area (TPSA) is 56.2 Å². The fourth-order valence-electron chi connectivity index (χ4n) is 1.23. The second-order valence-electron chi connectivity index (χ2n) is 2.70. The van der Waals surface area contributed by atoms with E-state index >= 15 is 0 Å². The Hall–Kier alpha value is -1.52. The lowest BCUT2D eigenvalue weighted by Gasteiger charge is -2.06. The lowest BCUT2D eigenvalue weighted by molar-refractivity contribution is 0.137. The normalized spacial score (nSPS) is 22.1. The van der Waals surface area contributed by atoms with Gasteiger partial charge in [0.2, 0.25) is 0 Å². The molecule has 1 fully saturated rings. The summed E-state index contributed by atoms with van der Waals surface area (Å²) in [6.07, 6.45) is 2.83. The second-order valence-corrected chi connectivity index (χ2v) is 2.70. The molecule has 1 saturated heterocycles. The van der Waals surface area contributed by atoms with Crippen LogP contribution in [0.2, 0.25) is 0 Å². The molecule has 5 nitrogen and oxygen atoms in total. The van der Waals surface area contributed by atoms with Gasteiger partial charge in [-0.1, -0.05) is 0 Å². The first-order chi connectivity index (χ1) is 5.77. The molecule has 0 saturated carbocycles. The molecular formula is C7H9N3O2. The Kier molecular flexibility index (Phi) is 1.49. The monoisotopic (exact) mass is 167 g/mol. The van der Waals surface area contributed by atoms with E-state index in [-0.39, 0.29) is 12.2 Å². The highest BCUT2D eigenvalue weighted by molar-refractivity contribution is 5.69. The van der Waals surface area contributed by atoms with Crippen LogP contribution in [0.25, 0.3) is 0 Å². The molecule has 0 spiro atoms. The molecule has 0 radical (unpaired) electrons. The van der Waals surface area contributed by atoms with Crippen LogP contribution in [0.4, 0.5) is 4.79 Å². The maximum atomic E-state index is 10.7. The number of alkyl carbamates (subject to hydrolysis) is 1. The van der Waals surface area contributed by atoms with E-state index in [9.17, 15) is 4.79 Å². The van der Waals surface area contributed by atoms with Crippen LogP contribution in [0, 0.1) is 0 Å². The summed E-state index contributed by atoms with van der Waals surface area (Å²) in [7, 11) is 1.87. The third kappa shape index (κ3) is 1.03. The van der Waals surface area contributed by atoms with Crippen molar-refractivity contribution in [3.05, 3.63) is 18.2 Å². The molecule has 1 aromatic rings.